The van der Waals surface area contributed by atoms with Crippen LogP contribution in [0, 0.1) is 12.8 Å². The number of piperidine rings is 1. The molecule has 1 aromatic carbocycles. The van der Waals surface area contributed by atoms with Crippen molar-refractivity contribution in [3.8, 4) is 11.5 Å². The second kappa shape index (κ2) is 7.59. The number of rotatable bonds is 5. The molecule has 1 aliphatic heterocycles. The second-order valence-corrected chi connectivity index (χ2v) is 6.58. The summed E-state index contributed by atoms with van der Waals surface area (Å²) >= 11 is 0. The smallest absolute Gasteiger partial charge is 0.229 e. The summed E-state index contributed by atoms with van der Waals surface area (Å²) in [5.74, 6) is 3.70. The summed E-state index contributed by atoms with van der Waals surface area (Å²) in [4.78, 5) is 11.6. The molecule has 1 saturated heterocycles. The molecule has 0 radical (unpaired) electrons. The molecule has 1 N–H and O–H groups in total. The van der Waals surface area contributed by atoms with E-state index < -0.39 is 0 Å². The van der Waals surface area contributed by atoms with Gasteiger partial charge in [0.2, 0.25) is 5.95 Å². The molecule has 134 valence electrons. The Morgan fingerprint density at radius 1 is 1.16 bits per heavy atom. The number of benzene rings is 1. The monoisotopic (exact) mass is 342 g/mol. The van der Waals surface area contributed by atoms with Gasteiger partial charge in [-0.25, -0.2) is 4.98 Å². The van der Waals surface area contributed by atoms with Crippen molar-refractivity contribution >= 4 is 17.5 Å². The molecular weight excluding hydrogens is 316 g/mol. The molecule has 3 rings (SSSR count). The van der Waals surface area contributed by atoms with Crippen molar-refractivity contribution in [2.75, 3.05) is 37.5 Å². The van der Waals surface area contributed by atoms with Crippen molar-refractivity contribution in [1.82, 2.24) is 9.97 Å². The molecule has 2 heterocycles. The zero-order chi connectivity index (χ0) is 17.8. The average molecular weight is 342 g/mol. The molecule has 1 aliphatic rings. The molecule has 2 aromatic rings. The van der Waals surface area contributed by atoms with Gasteiger partial charge in [0.05, 0.1) is 19.9 Å². The van der Waals surface area contributed by atoms with Gasteiger partial charge in [0.25, 0.3) is 0 Å². The molecule has 0 saturated carbocycles. The molecule has 0 aliphatic carbocycles. The maximum absolute atomic E-state index is 5.44. The van der Waals surface area contributed by atoms with E-state index in [1.165, 1.54) is 12.8 Å². The van der Waals surface area contributed by atoms with Crippen LogP contribution in [0.1, 0.15) is 25.5 Å². The molecule has 0 amide bonds. The first-order valence-corrected chi connectivity index (χ1v) is 8.68. The summed E-state index contributed by atoms with van der Waals surface area (Å²) in [6, 6.07) is 7.68. The Bertz CT molecular complexity index is 735. The number of ether oxygens (including phenoxy) is 2. The average Bonchev–Trinajstić information content (AvgIpc) is 2.61. The lowest BCUT2D eigenvalue weighted by Crippen LogP contribution is -2.35. The Kier molecular flexibility index (Phi) is 5.26. The van der Waals surface area contributed by atoms with Crippen molar-refractivity contribution in [1.29, 1.82) is 0 Å². The summed E-state index contributed by atoms with van der Waals surface area (Å²) in [5.41, 5.74) is 1.75. The summed E-state index contributed by atoms with van der Waals surface area (Å²) < 4.78 is 10.7. The first kappa shape index (κ1) is 17.3. The van der Waals surface area contributed by atoms with Crippen molar-refractivity contribution < 1.29 is 9.47 Å². The Hall–Kier alpha value is -2.50. The number of methoxy groups -OCH3 is 2. The zero-order valence-corrected chi connectivity index (χ0v) is 15.4. The quantitative estimate of drug-likeness (QED) is 0.892. The minimum atomic E-state index is 0.580. The third-order valence-electron chi connectivity index (χ3n) is 4.48. The van der Waals surface area contributed by atoms with Crippen LogP contribution in [0.25, 0.3) is 0 Å². The number of nitrogens with one attached hydrogen (secondary N) is 1. The molecule has 1 fully saturated rings. The van der Waals surface area contributed by atoms with Crippen LogP contribution in [0.3, 0.4) is 0 Å². The number of hydrogen-bond donors (Lipinski definition) is 1. The van der Waals surface area contributed by atoms with E-state index in [1.807, 2.05) is 25.1 Å². The van der Waals surface area contributed by atoms with E-state index in [-0.39, 0.29) is 0 Å². The third-order valence-corrected chi connectivity index (χ3v) is 4.48. The predicted molar refractivity (Wildman–Crippen MR) is 100 cm³/mol. The van der Waals surface area contributed by atoms with E-state index in [0.717, 1.165) is 36.0 Å². The van der Waals surface area contributed by atoms with Crippen molar-refractivity contribution in [2.24, 2.45) is 5.92 Å². The van der Waals surface area contributed by atoms with Gasteiger partial charge in [0.1, 0.15) is 17.3 Å². The van der Waals surface area contributed by atoms with Crippen LogP contribution in [-0.4, -0.2) is 37.3 Å². The van der Waals surface area contributed by atoms with Gasteiger partial charge >= 0.3 is 0 Å². The van der Waals surface area contributed by atoms with Gasteiger partial charge in [-0.2, -0.15) is 4.98 Å². The molecule has 0 spiro atoms. The van der Waals surface area contributed by atoms with E-state index in [9.17, 15) is 0 Å². The molecule has 1 atom stereocenters. The van der Waals surface area contributed by atoms with Gasteiger partial charge in [-0.1, -0.05) is 6.92 Å². The van der Waals surface area contributed by atoms with E-state index >= 15 is 0 Å². The molecule has 1 aromatic heterocycles. The van der Waals surface area contributed by atoms with Gasteiger partial charge in [0.15, 0.2) is 0 Å². The number of nitrogens with zero attached hydrogens (tertiary/aromatic N) is 3. The van der Waals surface area contributed by atoms with Crippen LogP contribution in [-0.2, 0) is 0 Å². The van der Waals surface area contributed by atoms with Gasteiger partial charge in [-0.3, -0.25) is 0 Å². The van der Waals surface area contributed by atoms with Crippen LogP contribution in [0.2, 0.25) is 0 Å². The molecule has 25 heavy (non-hydrogen) atoms. The normalized spacial score (nSPS) is 17.3. The van der Waals surface area contributed by atoms with E-state index in [2.05, 4.69) is 28.2 Å². The van der Waals surface area contributed by atoms with Crippen LogP contribution >= 0.6 is 0 Å². The Morgan fingerprint density at radius 3 is 2.72 bits per heavy atom. The fourth-order valence-electron chi connectivity index (χ4n) is 3.19. The first-order chi connectivity index (χ1) is 12.1. The second-order valence-electron chi connectivity index (χ2n) is 6.58. The third kappa shape index (κ3) is 4.13. The lowest BCUT2D eigenvalue weighted by molar-refractivity contribution is 0.395. The van der Waals surface area contributed by atoms with Crippen LogP contribution in [0.4, 0.5) is 17.5 Å². The minimum absolute atomic E-state index is 0.580. The SMILES string of the molecule is COc1ccc(Nc2nc(C)cc(N3CCCC(C)C3)n2)c(OC)c1. The van der Waals surface area contributed by atoms with Crippen molar-refractivity contribution in [3.05, 3.63) is 30.0 Å². The van der Waals surface area contributed by atoms with Gasteiger partial charge < -0.3 is 19.7 Å². The van der Waals surface area contributed by atoms with Gasteiger partial charge in [-0.05, 0) is 37.8 Å². The largest absolute Gasteiger partial charge is 0.497 e. The number of aryl methyl sites for hydroxylation is 1. The maximum atomic E-state index is 5.44. The summed E-state index contributed by atoms with van der Waals surface area (Å²) in [7, 11) is 3.27. The van der Waals surface area contributed by atoms with Crippen molar-refractivity contribution in [2.45, 2.75) is 26.7 Å². The van der Waals surface area contributed by atoms with E-state index in [1.54, 1.807) is 14.2 Å². The fourth-order valence-corrected chi connectivity index (χ4v) is 3.19. The maximum Gasteiger partial charge on any atom is 0.229 e. The van der Waals surface area contributed by atoms with Crippen LogP contribution < -0.4 is 19.7 Å². The summed E-state index contributed by atoms with van der Waals surface area (Å²) in [6.07, 6.45) is 2.49. The molecule has 1 unspecified atom stereocenters. The van der Waals surface area contributed by atoms with Gasteiger partial charge in [0, 0.05) is 30.9 Å². The molecular formula is C19H26N4O2. The molecule has 6 heteroatoms. The van der Waals surface area contributed by atoms with Crippen LogP contribution in [0.5, 0.6) is 11.5 Å². The lowest BCUT2D eigenvalue weighted by atomic mass is 10.0. The summed E-state index contributed by atoms with van der Waals surface area (Å²) in [5, 5.41) is 3.28. The highest BCUT2D eigenvalue weighted by atomic mass is 16.5. The Morgan fingerprint density at radius 2 is 2.00 bits per heavy atom. The number of anilines is 3. The Labute approximate surface area is 149 Å². The predicted octanol–water partition coefficient (Wildman–Crippen LogP) is 3.78. The van der Waals surface area contributed by atoms with Crippen LogP contribution in [0.15, 0.2) is 24.3 Å². The Balaban J connectivity index is 1.85. The fraction of sp³-hybridized carbons (Fsp3) is 0.474. The minimum Gasteiger partial charge on any atom is -0.497 e. The summed E-state index contributed by atoms with van der Waals surface area (Å²) in [6.45, 7) is 6.38. The lowest BCUT2D eigenvalue weighted by Gasteiger charge is -2.32. The first-order valence-electron chi connectivity index (χ1n) is 8.68. The highest BCUT2D eigenvalue weighted by Crippen LogP contribution is 2.31. The van der Waals surface area contributed by atoms with E-state index in [0.29, 0.717) is 17.6 Å². The number of hydrogen-bond acceptors (Lipinski definition) is 6. The zero-order valence-electron chi connectivity index (χ0n) is 15.4. The topological polar surface area (TPSA) is 59.5 Å². The van der Waals surface area contributed by atoms with E-state index in [4.69, 9.17) is 14.5 Å². The number of aromatic nitrogens is 2. The standard InChI is InChI=1S/C19H26N4O2/c1-13-6-5-9-23(12-13)18-10-14(2)20-19(22-18)21-16-8-7-15(24-3)11-17(16)25-4/h7-8,10-11,13H,5-6,9,12H2,1-4H3,(H,20,21,22). The van der Waals surface area contributed by atoms with Gasteiger partial charge in [-0.15, -0.1) is 0 Å². The molecule has 0 bridgehead atoms. The van der Waals surface area contributed by atoms with Crippen molar-refractivity contribution in [3.63, 3.8) is 0 Å². The highest BCUT2D eigenvalue weighted by Gasteiger charge is 2.19. The molecule has 6 nitrogen and oxygen atoms in total. The highest BCUT2D eigenvalue weighted by molar-refractivity contribution is 5.65.